The molecular formula is C14H15N3O4S. The summed E-state index contributed by atoms with van der Waals surface area (Å²) in [4.78, 5) is 30.8. The molecule has 0 aliphatic carbocycles. The third-order valence-electron chi connectivity index (χ3n) is 2.72. The van der Waals surface area contributed by atoms with Crippen molar-refractivity contribution < 1.29 is 19.1 Å². The predicted molar refractivity (Wildman–Crippen MR) is 82.3 cm³/mol. The number of thioether (sulfide) groups is 1. The van der Waals surface area contributed by atoms with Crippen molar-refractivity contribution in [2.24, 2.45) is 0 Å². The Bertz CT molecular complexity index is 654. The van der Waals surface area contributed by atoms with Crippen LogP contribution in [-0.4, -0.2) is 41.8 Å². The van der Waals surface area contributed by atoms with Crippen LogP contribution in [0.3, 0.4) is 0 Å². The first-order chi connectivity index (χ1) is 10.6. The van der Waals surface area contributed by atoms with Crippen LogP contribution in [0.2, 0.25) is 0 Å². The molecule has 0 atom stereocenters. The molecule has 0 saturated heterocycles. The molecule has 0 spiro atoms. The van der Waals surface area contributed by atoms with E-state index >= 15 is 0 Å². The Morgan fingerprint density at radius 3 is 2.64 bits per heavy atom. The second-order valence-electron chi connectivity index (χ2n) is 4.13. The van der Waals surface area contributed by atoms with Crippen molar-refractivity contribution in [3.8, 4) is 5.75 Å². The van der Waals surface area contributed by atoms with Gasteiger partial charge in [-0.2, -0.15) is 0 Å². The highest BCUT2D eigenvalue weighted by Crippen LogP contribution is 2.21. The molecule has 1 aromatic carbocycles. The third kappa shape index (κ3) is 4.01. The van der Waals surface area contributed by atoms with Crippen LogP contribution in [-0.2, 0) is 9.53 Å². The smallest absolute Gasteiger partial charge is 0.358 e. The normalized spacial score (nSPS) is 10.1. The number of esters is 1. The second kappa shape index (κ2) is 7.51. The molecule has 1 aromatic heterocycles. The minimum atomic E-state index is -0.587. The van der Waals surface area contributed by atoms with Crippen LogP contribution in [0.1, 0.15) is 10.5 Å². The van der Waals surface area contributed by atoms with Crippen LogP contribution in [0, 0.1) is 0 Å². The first-order valence-electron chi connectivity index (χ1n) is 6.32. The van der Waals surface area contributed by atoms with Crippen molar-refractivity contribution in [3.05, 3.63) is 36.3 Å². The number of hydrogen-bond acceptors (Lipinski definition) is 6. The van der Waals surface area contributed by atoms with Crippen molar-refractivity contribution in [1.82, 2.24) is 9.97 Å². The van der Waals surface area contributed by atoms with Gasteiger partial charge in [-0.1, -0.05) is 0 Å². The molecule has 0 unspecified atom stereocenters. The van der Waals surface area contributed by atoms with Gasteiger partial charge in [0.15, 0.2) is 11.5 Å². The summed E-state index contributed by atoms with van der Waals surface area (Å²) in [6.07, 6.45) is 1.32. The number of H-pyrrole nitrogens is 1. The molecule has 1 heterocycles. The molecule has 2 rings (SSSR count). The number of rotatable bonds is 6. The number of ether oxygens (including phenoxy) is 2. The summed E-state index contributed by atoms with van der Waals surface area (Å²) in [6, 6.07) is 7.38. The zero-order chi connectivity index (χ0) is 15.9. The van der Waals surface area contributed by atoms with Crippen LogP contribution in [0.5, 0.6) is 5.75 Å². The van der Waals surface area contributed by atoms with E-state index in [9.17, 15) is 9.59 Å². The maximum absolute atomic E-state index is 11.9. The number of imidazole rings is 1. The Kier molecular flexibility index (Phi) is 5.42. The lowest BCUT2D eigenvalue weighted by molar-refractivity contribution is -0.113. The van der Waals surface area contributed by atoms with E-state index < -0.39 is 5.97 Å². The summed E-state index contributed by atoms with van der Waals surface area (Å²) in [5.74, 6) is 0.258. The van der Waals surface area contributed by atoms with Crippen molar-refractivity contribution in [1.29, 1.82) is 0 Å². The standard InChI is InChI=1S/C14H15N3O4S/c1-20-9-3-5-10(6-4-9)22-7-11(18)17-13-12(14(19)21-2)15-8-16-13/h3-6,8H,7H2,1-2H3,(H,15,16)(H,17,18). The summed E-state index contributed by atoms with van der Waals surface area (Å²) in [7, 11) is 2.85. The molecule has 0 radical (unpaired) electrons. The minimum absolute atomic E-state index is 0.116. The highest BCUT2D eigenvalue weighted by atomic mass is 32.2. The maximum Gasteiger partial charge on any atom is 0.358 e. The van der Waals surface area contributed by atoms with Gasteiger partial charge in [0.25, 0.3) is 0 Å². The van der Waals surface area contributed by atoms with Gasteiger partial charge >= 0.3 is 5.97 Å². The number of amides is 1. The monoisotopic (exact) mass is 321 g/mol. The van der Waals surface area contributed by atoms with Gasteiger partial charge in [-0.3, -0.25) is 4.79 Å². The molecule has 7 nitrogen and oxygen atoms in total. The Morgan fingerprint density at radius 2 is 2.00 bits per heavy atom. The van der Waals surface area contributed by atoms with Gasteiger partial charge in [-0.25, -0.2) is 9.78 Å². The molecule has 8 heteroatoms. The summed E-state index contributed by atoms with van der Waals surface area (Å²) < 4.78 is 9.66. The molecule has 116 valence electrons. The van der Waals surface area contributed by atoms with Gasteiger partial charge in [0, 0.05) is 4.90 Å². The first-order valence-corrected chi connectivity index (χ1v) is 7.31. The predicted octanol–water partition coefficient (Wildman–Crippen LogP) is 1.94. The number of benzene rings is 1. The van der Waals surface area contributed by atoms with E-state index in [1.807, 2.05) is 24.3 Å². The Morgan fingerprint density at radius 1 is 1.27 bits per heavy atom. The molecule has 1 amide bonds. The van der Waals surface area contributed by atoms with Crippen molar-refractivity contribution >= 4 is 29.5 Å². The zero-order valence-electron chi connectivity index (χ0n) is 12.1. The highest BCUT2D eigenvalue weighted by molar-refractivity contribution is 8.00. The van der Waals surface area contributed by atoms with Crippen LogP contribution in [0.4, 0.5) is 5.82 Å². The highest BCUT2D eigenvalue weighted by Gasteiger charge is 2.16. The second-order valence-corrected chi connectivity index (χ2v) is 5.18. The van der Waals surface area contributed by atoms with Crippen molar-refractivity contribution in [3.63, 3.8) is 0 Å². The lowest BCUT2D eigenvalue weighted by Gasteiger charge is -2.05. The van der Waals surface area contributed by atoms with Gasteiger partial charge < -0.3 is 19.8 Å². The topological polar surface area (TPSA) is 93.3 Å². The molecule has 2 aromatic rings. The van der Waals surface area contributed by atoms with Gasteiger partial charge in [0.05, 0.1) is 26.3 Å². The molecule has 2 N–H and O–H groups in total. The fraction of sp³-hybridized carbons (Fsp3) is 0.214. The summed E-state index contributed by atoms with van der Waals surface area (Å²) in [6.45, 7) is 0. The molecule has 0 saturated carbocycles. The summed E-state index contributed by atoms with van der Waals surface area (Å²) in [5, 5.41) is 2.57. The number of carbonyl (C=O) groups is 2. The van der Waals surface area contributed by atoms with Gasteiger partial charge in [-0.15, -0.1) is 11.8 Å². The molecule has 0 aliphatic rings. The minimum Gasteiger partial charge on any atom is -0.497 e. The molecule has 0 bridgehead atoms. The molecule has 0 aliphatic heterocycles. The average Bonchev–Trinajstić information content (AvgIpc) is 3.00. The number of methoxy groups -OCH3 is 2. The Hall–Kier alpha value is -2.48. The summed E-state index contributed by atoms with van der Waals surface area (Å²) in [5.41, 5.74) is 0.116. The fourth-order valence-corrected chi connectivity index (χ4v) is 2.33. The van der Waals surface area contributed by atoms with E-state index in [1.54, 1.807) is 7.11 Å². The van der Waals surface area contributed by atoms with Gasteiger partial charge in [0.2, 0.25) is 5.91 Å². The largest absolute Gasteiger partial charge is 0.497 e. The molecule has 22 heavy (non-hydrogen) atoms. The van der Waals surface area contributed by atoms with E-state index in [1.165, 1.54) is 25.2 Å². The number of aromatic amines is 1. The van der Waals surface area contributed by atoms with Crippen LogP contribution in [0.25, 0.3) is 0 Å². The SMILES string of the molecule is COC(=O)c1[nH]cnc1NC(=O)CSc1ccc(OC)cc1. The number of anilines is 1. The van der Waals surface area contributed by atoms with E-state index in [-0.39, 0.29) is 23.2 Å². The van der Waals surface area contributed by atoms with E-state index in [0.29, 0.717) is 0 Å². The van der Waals surface area contributed by atoms with Crippen LogP contribution in [0.15, 0.2) is 35.5 Å². The number of hydrogen-bond donors (Lipinski definition) is 2. The number of nitrogens with one attached hydrogen (secondary N) is 2. The third-order valence-corrected chi connectivity index (χ3v) is 3.73. The van der Waals surface area contributed by atoms with Gasteiger partial charge in [0.1, 0.15) is 5.75 Å². The number of carbonyl (C=O) groups excluding carboxylic acids is 2. The average molecular weight is 321 g/mol. The summed E-state index contributed by atoms with van der Waals surface area (Å²) >= 11 is 1.37. The lowest BCUT2D eigenvalue weighted by Crippen LogP contribution is -2.17. The lowest BCUT2D eigenvalue weighted by atomic mass is 10.3. The van der Waals surface area contributed by atoms with Crippen LogP contribution < -0.4 is 10.1 Å². The van der Waals surface area contributed by atoms with Crippen molar-refractivity contribution in [2.45, 2.75) is 4.90 Å². The van der Waals surface area contributed by atoms with Crippen molar-refractivity contribution in [2.75, 3.05) is 25.3 Å². The van der Waals surface area contributed by atoms with Crippen LogP contribution >= 0.6 is 11.8 Å². The maximum atomic E-state index is 11.9. The number of aromatic nitrogens is 2. The first kappa shape index (κ1) is 15.9. The molecule has 0 fully saturated rings. The Balaban J connectivity index is 1.90. The van der Waals surface area contributed by atoms with E-state index in [0.717, 1.165) is 10.6 Å². The van der Waals surface area contributed by atoms with E-state index in [4.69, 9.17) is 4.74 Å². The Labute approximate surface area is 131 Å². The quantitative estimate of drug-likeness (QED) is 0.624. The zero-order valence-corrected chi connectivity index (χ0v) is 12.9. The fourth-order valence-electron chi connectivity index (χ4n) is 1.64. The molecular weight excluding hydrogens is 306 g/mol. The van der Waals surface area contributed by atoms with E-state index in [2.05, 4.69) is 20.0 Å². The number of nitrogens with zero attached hydrogens (tertiary/aromatic N) is 1. The van der Waals surface area contributed by atoms with Gasteiger partial charge in [-0.05, 0) is 24.3 Å².